The monoisotopic (exact) mass is 409 g/mol. The molecule has 1 saturated heterocycles. The van der Waals surface area contributed by atoms with Gasteiger partial charge in [-0.05, 0) is 55.7 Å². The van der Waals surface area contributed by atoms with Gasteiger partial charge in [-0.3, -0.25) is 14.4 Å². The molecule has 0 radical (unpaired) electrons. The van der Waals surface area contributed by atoms with Gasteiger partial charge < -0.3 is 15.1 Å². The number of benzene rings is 2. The highest BCUT2D eigenvalue weighted by Crippen LogP contribution is 2.29. The number of hydrogen-bond donors (Lipinski definition) is 1. The largest absolute Gasteiger partial charge is 0.350 e. The summed E-state index contributed by atoms with van der Waals surface area (Å²) in [5.74, 6) is -1.18. The first-order chi connectivity index (χ1) is 14.5. The highest BCUT2D eigenvalue weighted by Gasteiger charge is 2.34. The number of nitrogens with zero attached hydrogens (tertiary/aromatic N) is 2. The van der Waals surface area contributed by atoms with Crippen molar-refractivity contribution >= 4 is 23.4 Å². The topological polar surface area (TPSA) is 69.7 Å². The summed E-state index contributed by atoms with van der Waals surface area (Å²) in [4.78, 5) is 42.1. The lowest BCUT2D eigenvalue weighted by Crippen LogP contribution is -2.47. The Hall–Kier alpha value is -3.22. The van der Waals surface area contributed by atoms with Gasteiger partial charge in [-0.15, -0.1) is 0 Å². The number of halogens is 1. The van der Waals surface area contributed by atoms with E-state index in [-0.39, 0.29) is 23.6 Å². The highest BCUT2D eigenvalue weighted by atomic mass is 19.1. The second-order valence-corrected chi connectivity index (χ2v) is 7.81. The molecule has 30 heavy (non-hydrogen) atoms. The van der Waals surface area contributed by atoms with Crippen LogP contribution in [-0.4, -0.2) is 48.8 Å². The second kappa shape index (κ2) is 8.26. The van der Waals surface area contributed by atoms with Crippen LogP contribution in [0.5, 0.6) is 0 Å². The summed E-state index contributed by atoms with van der Waals surface area (Å²) in [6, 6.07) is 11.0. The van der Waals surface area contributed by atoms with E-state index in [1.165, 1.54) is 24.3 Å². The Morgan fingerprint density at radius 3 is 2.63 bits per heavy atom. The molecular weight excluding hydrogens is 385 g/mol. The number of fused-ring (bicyclic) bond motifs is 1. The van der Waals surface area contributed by atoms with E-state index in [2.05, 4.69) is 5.32 Å². The lowest BCUT2D eigenvalue weighted by molar-refractivity contribution is -0.123. The summed E-state index contributed by atoms with van der Waals surface area (Å²) < 4.78 is 13.2. The molecule has 2 heterocycles. The van der Waals surface area contributed by atoms with Crippen molar-refractivity contribution in [1.29, 1.82) is 0 Å². The summed E-state index contributed by atoms with van der Waals surface area (Å²) >= 11 is 0. The fraction of sp³-hybridized carbons (Fsp3) is 0.348. The molecule has 0 aliphatic carbocycles. The number of carbonyl (C=O) groups excluding carboxylic acids is 3. The third kappa shape index (κ3) is 3.79. The average Bonchev–Trinajstić information content (AvgIpc) is 2.93. The number of hydrogen-bond acceptors (Lipinski definition) is 3. The van der Waals surface area contributed by atoms with E-state index < -0.39 is 5.82 Å². The van der Waals surface area contributed by atoms with E-state index in [4.69, 9.17) is 0 Å². The predicted molar refractivity (Wildman–Crippen MR) is 111 cm³/mol. The molecule has 1 fully saturated rings. The number of aryl methyl sites for hydroxylation is 1. The molecule has 0 spiro atoms. The van der Waals surface area contributed by atoms with Crippen LogP contribution in [0, 0.1) is 18.7 Å². The Balaban J connectivity index is 1.55. The van der Waals surface area contributed by atoms with Gasteiger partial charge in [-0.2, -0.15) is 0 Å². The van der Waals surface area contributed by atoms with Crippen molar-refractivity contribution in [3.8, 4) is 0 Å². The van der Waals surface area contributed by atoms with Gasteiger partial charge in [-0.1, -0.05) is 12.1 Å². The minimum atomic E-state index is -0.392. The van der Waals surface area contributed by atoms with E-state index in [1.807, 2.05) is 19.1 Å². The van der Waals surface area contributed by atoms with Gasteiger partial charge in [0.05, 0.1) is 17.2 Å². The molecule has 156 valence electrons. The van der Waals surface area contributed by atoms with Gasteiger partial charge in [0.15, 0.2) is 0 Å². The van der Waals surface area contributed by atoms with Crippen LogP contribution in [0.25, 0.3) is 0 Å². The third-order valence-corrected chi connectivity index (χ3v) is 5.80. The first-order valence-electron chi connectivity index (χ1n) is 10.2. The lowest BCUT2D eigenvalue weighted by atomic mass is 9.95. The minimum absolute atomic E-state index is 0.0741. The van der Waals surface area contributed by atoms with Crippen molar-refractivity contribution in [3.05, 3.63) is 65.0 Å². The molecule has 6 nitrogen and oxygen atoms in total. The van der Waals surface area contributed by atoms with Crippen LogP contribution >= 0.6 is 0 Å². The van der Waals surface area contributed by atoms with E-state index >= 15 is 0 Å². The van der Waals surface area contributed by atoms with Gasteiger partial charge in [0.25, 0.3) is 11.8 Å². The molecule has 7 heteroatoms. The highest BCUT2D eigenvalue weighted by molar-refractivity contribution is 6.07. The Morgan fingerprint density at radius 1 is 1.10 bits per heavy atom. The molecule has 0 bridgehead atoms. The Morgan fingerprint density at radius 2 is 1.87 bits per heavy atom. The molecule has 2 aliphatic rings. The maximum Gasteiger partial charge on any atom is 0.253 e. The summed E-state index contributed by atoms with van der Waals surface area (Å²) in [6.45, 7) is 3.51. The zero-order chi connectivity index (χ0) is 21.3. The first kappa shape index (κ1) is 20.1. The molecule has 2 aromatic carbocycles. The number of piperidine rings is 1. The maximum absolute atomic E-state index is 13.4. The Kier molecular flexibility index (Phi) is 5.53. The molecule has 1 atom stereocenters. The van der Waals surface area contributed by atoms with Gasteiger partial charge in [-0.25, -0.2) is 4.39 Å². The molecule has 1 N–H and O–H groups in total. The smallest absolute Gasteiger partial charge is 0.253 e. The van der Waals surface area contributed by atoms with E-state index in [1.54, 1.807) is 15.9 Å². The van der Waals surface area contributed by atoms with E-state index in [0.717, 1.165) is 12.0 Å². The normalized spacial score (nSPS) is 19.0. The van der Waals surface area contributed by atoms with Crippen molar-refractivity contribution in [3.63, 3.8) is 0 Å². The molecule has 0 aromatic heterocycles. The number of carbonyl (C=O) groups is 3. The SMILES string of the molecule is Cc1cccc2c1C(=O)NCCN2C(=O)[C@@H]1CCCN(C(=O)c2ccc(F)cc2)C1. The minimum Gasteiger partial charge on any atom is -0.350 e. The van der Waals surface area contributed by atoms with Crippen molar-refractivity contribution in [2.24, 2.45) is 5.92 Å². The summed E-state index contributed by atoms with van der Waals surface area (Å²) in [5.41, 5.74) is 2.38. The van der Waals surface area contributed by atoms with E-state index in [9.17, 15) is 18.8 Å². The van der Waals surface area contributed by atoms with Crippen LogP contribution in [0.2, 0.25) is 0 Å². The number of anilines is 1. The average molecular weight is 409 g/mol. The van der Waals surface area contributed by atoms with Crippen LogP contribution in [-0.2, 0) is 4.79 Å². The number of rotatable bonds is 2. The third-order valence-electron chi connectivity index (χ3n) is 5.80. The standard InChI is InChI=1S/C23H24FN3O3/c1-15-4-2-6-19-20(15)21(28)25-11-13-27(19)23(30)17-5-3-12-26(14-17)22(29)16-7-9-18(24)10-8-16/h2,4,6-10,17H,3,5,11-14H2,1H3,(H,25,28)/t17-/m1/s1. The molecule has 2 aromatic rings. The second-order valence-electron chi connectivity index (χ2n) is 7.81. The van der Waals surface area contributed by atoms with Crippen molar-refractivity contribution in [2.75, 3.05) is 31.1 Å². The van der Waals surface area contributed by atoms with Crippen LogP contribution in [0.4, 0.5) is 10.1 Å². The molecule has 0 unspecified atom stereocenters. The number of likely N-dealkylation sites (tertiary alicyclic amines) is 1. The molecular formula is C23H24FN3O3. The van der Waals surface area contributed by atoms with Crippen LogP contribution < -0.4 is 10.2 Å². The number of amides is 3. The Bertz CT molecular complexity index is 990. The first-order valence-corrected chi connectivity index (χ1v) is 10.2. The van der Waals surface area contributed by atoms with Crippen molar-refractivity contribution < 1.29 is 18.8 Å². The zero-order valence-electron chi connectivity index (χ0n) is 16.9. The van der Waals surface area contributed by atoms with Gasteiger partial charge in [0.2, 0.25) is 5.91 Å². The summed E-state index contributed by atoms with van der Waals surface area (Å²) in [5, 5.41) is 2.85. The van der Waals surface area contributed by atoms with Gasteiger partial charge in [0, 0.05) is 31.7 Å². The van der Waals surface area contributed by atoms with Crippen LogP contribution in [0.1, 0.15) is 39.1 Å². The summed E-state index contributed by atoms with van der Waals surface area (Å²) in [6.07, 6.45) is 1.40. The predicted octanol–water partition coefficient (Wildman–Crippen LogP) is 2.76. The fourth-order valence-corrected chi connectivity index (χ4v) is 4.25. The van der Waals surface area contributed by atoms with Gasteiger partial charge >= 0.3 is 0 Å². The quantitative estimate of drug-likeness (QED) is 0.829. The molecule has 4 rings (SSSR count). The lowest BCUT2D eigenvalue weighted by Gasteiger charge is -2.35. The van der Waals surface area contributed by atoms with E-state index in [0.29, 0.717) is 49.4 Å². The van der Waals surface area contributed by atoms with Gasteiger partial charge in [0.1, 0.15) is 5.82 Å². The molecule has 3 amide bonds. The van der Waals surface area contributed by atoms with Crippen molar-refractivity contribution in [1.82, 2.24) is 10.2 Å². The zero-order valence-corrected chi connectivity index (χ0v) is 16.9. The fourth-order valence-electron chi connectivity index (χ4n) is 4.25. The number of nitrogens with one attached hydrogen (secondary N) is 1. The maximum atomic E-state index is 13.4. The molecule has 2 aliphatic heterocycles. The molecule has 0 saturated carbocycles. The Labute approximate surface area is 174 Å². The van der Waals surface area contributed by atoms with Crippen LogP contribution in [0.15, 0.2) is 42.5 Å². The summed E-state index contributed by atoms with van der Waals surface area (Å²) in [7, 11) is 0. The van der Waals surface area contributed by atoms with Crippen LogP contribution in [0.3, 0.4) is 0 Å². The van der Waals surface area contributed by atoms with Crippen molar-refractivity contribution in [2.45, 2.75) is 19.8 Å².